The van der Waals surface area contributed by atoms with Crippen LogP contribution in [0.4, 0.5) is 0 Å². The van der Waals surface area contributed by atoms with Gasteiger partial charge in [0, 0.05) is 6.42 Å². The molecule has 2 aromatic rings. The SMILES string of the molecule is CCC(=O)OC1=NOC(c2ccc(-c3ccc(S(N)(=O)=O)cc3)cc2CC)C1. The maximum atomic E-state index is 11.4. The van der Waals surface area contributed by atoms with Crippen molar-refractivity contribution in [3.63, 3.8) is 0 Å². The zero-order valence-electron chi connectivity index (χ0n) is 15.7. The number of primary sulfonamides is 1. The first-order valence-corrected chi connectivity index (χ1v) is 10.6. The lowest BCUT2D eigenvalue weighted by Gasteiger charge is -2.15. The van der Waals surface area contributed by atoms with Gasteiger partial charge in [-0.15, -0.1) is 0 Å². The van der Waals surface area contributed by atoms with Crippen molar-refractivity contribution in [2.75, 3.05) is 0 Å². The predicted molar refractivity (Wildman–Crippen MR) is 105 cm³/mol. The number of oxime groups is 1. The van der Waals surface area contributed by atoms with Gasteiger partial charge in [-0.05, 0) is 40.8 Å². The molecule has 2 aromatic carbocycles. The highest BCUT2D eigenvalue weighted by molar-refractivity contribution is 7.89. The normalized spacial score (nSPS) is 16.4. The maximum Gasteiger partial charge on any atom is 0.312 e. The Hall–Kier alpha value is -2.71. The minimum absolute atomic E-state index is 0.0780. The highest BCUT2D eigenvalue weighted by Gasteiger charge is 2.27. The number of sulfonamides is 1. The lowest BCUT2D eigenvalue weighted by Crippen LogP contribution is -2.11. The number of carbonyl (C=O) groups is 1. The third-order valence-electron chi connectivity index (χ3n) is 4.55. The molecule has 8 heteroatoms. The highest BCUT2D eigenvalue weighted by atomic mass is 32.2. The van der Waals surface area contributed by atoms with Crippen molar-refractivity contribution < 1.29 is 22.8 Å². The van der Waals surface area contributed by atoms with Crippen LogP contribution in [0.15, 0.2) is 52.5 Å². The molecule has 0 bridgehead atoms. The van der Waals surface area contributed by atoms with Crippen LogP contribution in [0.1, 0.15) is 43.9 Å². The van der Waals surface area contributed by atoms with Gasteiger partial charge in [-0.25, -0.2) is 13.6 Å². The average molecular weight is 402 g/mol. The van der Waals surface area contributed by atoms with Gasteiger partial charge in [0.15, 0.2) is 6.10 Å². The van der Waals surface area contributed by atoms with E-state index in [1.54, 1.807) is 19.1 Å². The number of hydrogen-bond acceptors (Lipinski definition) is 6. The zero-order chi connectivity index (χ0) is 20.3. The topological polar surface area (TPSA) is 108 Å². The summed E-state index contributed by atoms with van der Waals surface area (Å²) in [6.07, 6.45) is 1.17. The molecule has 0 fully saturated rings. The molecule has 0 aliphatic carbocycles. The first kappa shape index (κ1) is 20.0. The number of nitrogens with zero attached hydrogens (tertiary/aromatic N) is 1. The number of esters is 1. The first-order chi connectivity index (χ1) is 13.3. The minimum atomic E-state index is -3.71. The van der Waals surface area contributed by atoms with E-state index in [0.717, 1.165) is 28.7 Å². The van der Waals surface area contributed by atoms with E-state index in [1.165, 1.54) is 12.1 Å². The Bertz CT molecular complexity index is 1010. The Morgan fingerprint density at radius 2 is 1.86 bits per heavy atom. The van der Waals surface area contributed by atoms with Crippen molar-refractivity contribution in [1.29, 1.82) is 0 Å². The number of benzene rings is 2. The summed E-state index contributed by atoms with van der Waals surface area (Å²) < 4.78 is 28.0. The van der Waals surface area contributed by atoms with Crippen molar-refractivity contribution in [1.82, 2.24) is 0 Å². The lowest BCUT2D eigenvalue weighted by molar-refractivity contribution is -0.135. The van der Waals surface area contributed by atoms with E-state index in [0.29, 0.717) is 12.3 Å². The molecule has 3 rings (SSSR count). The first-order valence-electron chi connectivity index (χ1n) is 9.01. The molecule has 7 nitrogen and oxygen atoms in total. The molecule has 0 radical (unpaired) electrons. The van der Waals surface area contributed by atoms with E-state index in [-0.39, 0.29) is 23.4 Å². The van der Waals surface area contributed by atoms with E-state index in [2.05, 4.69) is 5.16 Å². The van der Waals surface area contributed by atoms with E-state index >= 15 is 0 Å². The molecule has 28 heavy (non-hydrogen) atoms. The zero-order valence-corrected chi connectivity index (χ0v) is 16.5. The van der Waals surface area contributed by atoms with Gasteiger partial charge in [0.2, 0.25) is 15.9 Å². The van der Waals surface area contributed by atoms with Crippen LogP contribution in [-0.4, -0.2) is 20.3 Å². The van der Waals surface area contributed by atoms with Gasteiger partial charge in [0.05, 0.1) is 11.3 Å². The quantitative estimate of drug-likeness (QED) is 0.772. The predicted octanol–water partition coefficient (Wildman–Crippen LogP) is 3.29. The molecule has 0 aromatic heterocycles. The smallest absolute Gasteiger partial charge is 0.312 e. The van der Waals surface area contributed by atoms with Gasteiger partial charge in [-0.3, -0.25) is 4.79 Å². The summed E-state index contributed by atoms with van der Waals surface area (Å²) in [4.78, 5) is 17.0. The second-order valence-corrected chi connectivity index (χ2v) is 8.01. The van der Waals surface area contributed by atoms with Crippen LogP contribution in [0, 0.1) is 0 Å². The van der Waals surface area contributed by atoms with Crippen LogP contribution in [0.2, 0.25) is 0 Å². The lowest BCUT2D eigenvalue weighted by atomic mass is 9.94. The Balaban J connectivity index is 1.81. The van der Waals surface area contributed by atoms with Crippen molar-refractivity contribution in [2.45, 2.75) is 44.1 Å². The Kier molecular flexibility index (Phi) is 5.81. The van der Waals surface area contributed by atoms with Crippen LogP contribution < -0.4 is 5.14 Å². The third kappa shape index (κ3) is 4.40. The summed E-state index contributed by atoms with van der Waals surface area (Å²) >= 11 is 0. The second kappa shape index (κ2) is 8.12. The maximum absolute atomic E-state index is 11.4. The van der Waals surface area contributed by atoms with Gasteiger partial charge in [-0.1, -0.05) is 49.3 Å². The molecule has 0 amide bonds. The molecule has 1 heterocycles. The third-order valence-corrected chi connectivity index (χ3v) is 5.48. The summed E-state index contributed by atoms with van der Waals surface area (Å²) in [5.41, 5.74) is 3.91. The number of rotatable bonds is 5. The molecule has 0 saturated heterocycles. The number of carbonyl (C=O) groups excluding carboxylic acids is 1. The molecule has 148 valence electrons. The van der Waals surface area contributed by atoms with Gasteiger partial charge in [0.1, 0.15) is 0 Å². The van der Waals surface area contributed by atoms with Crippen LogP contribution in [-0.2, 0) is 30.8 Å². The molecule has 1 aliphatic rings. The van der Waals surface area contributed by atoms with E-state index in [1.807, 2.05) is 25.1 Å². The molecule has 0 saturated carbocycles. The number of ether oxygens (including phenoxy) is 1. The fourth-order valence-corrected chi connectivity index (χ4v) is 3.54. The highest BCUT2D eigenvalue weighted by Crippen LogP contribution is 2.33. The second-order valence-electron chi connectivity index (χ2n) is 6.45. The van der Waals surface area contributed by atoms with Crippen LogP contribution in [0.3, 0.4) is 0 Å². The van der Waals surface area contributed by atoms with Crippen molar-refractivity contribution in [3.8, 4) is 11.1 Å². The van der Waals surface area contributed by atoms with Gasteiger partial charge < -0.3 is 9.57 Å². The molecule has 1 atom stereocenters. The summed E-state index contributed by atoms with van der Waals surface area (Å²) in [6.45, 7) is 3.76. The molecule has 1 unspecified atom stereocenters. The molecule has 0 spiro atoms. The largest absolute Gasteiger partial charge is 0.408 e. The van der Waals surface area contributed by atoms with Gasteiger partial charge >= 0.3 is 5.97 Å². The fourth-order valence-electron chi connectivity index (χ4n) is 3.03. The number of nitrogens with two attached hydrogens (primary N) is 1. The summed E-state index contributed by atoms with van der Waals surface area (Å²) in [6, 6.07) is 12.4. The minimum Gasteiger partial charge on any atom is -0.408 e. The van der Waals surface area contributed by atoms with Crippen LogP contribution >= 0.6 is 0 Å². The fraction of sp³-hybridized carbons (Fsp3) is 0.300. The van der Waals surface area contributed by atoms with Gasteiger partial charge in [-0.2, -0.15) is 0 Å². The van der Waals surface area contributed by atoms with Gasteiger partial charge in [0.25, 0.3) is 0 Å². The summed E-state index contributed by atoms with van der Waals surface area (Å²) in [5, 5.41) is 9.02. The Morgan fingerprint density at radius 1 is 1.18 bits per heavy atom. The monoisotopic (exact) mass is 402 g/mol. The van der Waals surface area contributed by atoms with E-state index in [4.69, 9.17) is 14.7 Å². The summed E-state index contributed by atoms with van der Waals surface area (Å²) in [7, 11) is -3.71. The van der Waals surface area contributed by atoms with E-state index < -0.39 is 10.0 Å². The van der Waals surface area contributed by atoms with Crippen molar-refractivity contribution in [3.05, 3.63) is 53.6 Å². The molecular weight excluding hydrogens is 380 g/mol. The van der Waals surface area contributed by atoms with Crippen LogP contribution in [0.5, 0.6) is 0 Å². The molecular formula is C20H22N2O5S. The number of aryl methyl sites for hydroxylation is 1. The molecule has 2 N–H and O–H groups in total. The average Bonchev–Trinajstić information content (AvgIpc) is 3.15. The van der Waals surface area contributed by atoms with Crippen molar-refractivity contribution >= 4 is 21.9 Å². The summed E-state index contributed by atoms with van der Waals surface area (Å²) in [5.74, 6) is -0.0430. The standard InChI is InChI=1S/C20H22N2O5S/c1-3-13-11-15(14-5-8-16(9-6-14)28(21,24)25)7-10-17(13)18-12-19(22-27-18)26-20(23)4-2/h5-11,18H,3-4,12H2,1-2H3,(H2,21,24,25). The Morgan fingerprint density at radius 3 is 2.46 bits per heavy atom. The van der Waals surface area contributed by atoms with E-state index in [9.17, 15) is 13.2 Å². The van der Waals surface area contributed by atoms with Crippen LogP contribution in [0.25, 0.3) is 11.1 Å². The Labute approximate surface area is 164 Å². The van der Waals surface area contributed by atoms with Crippen molar-refractivity contribution in [2.24, 2.45) is 10.3 Å². The number of hydrogen-bond donors (Lipinski definition) is 1. The molecule has 1 aliphatic heterocycles.